The number of ether oxygens (including phenoxy) is 1. The molecule has 1 saturated heterocycles. The molecule has 1 fully saturated rings. The number of rotatable bonds is 5. The standard InChI is InChI=1S/C22H27FN8O2/c1-12(13(2)32)30-11-15(9-25-30)29-6-4-5-14(10-29)20-27-21-16-7-17(23)19(33-3)8-18(16)26-22(24)31(21)28-20/h7-9,11-14,32H,4-6,10H2,1-3H3,(H2,24,26)/t12-,13-,14?/m1/s1. The first kappa shape index (κ1) is 21.4. The molecule has 4 aromatic rings. The third kappa shape index (κ3) is 3.71. The summed E-state index contributed by atoms with van der Waals surface area (Å²) < 4.78 is 22.7. The number of hydrogen-bond acceptors (Lipinski definition) is 8. The van der Waals surface area contributed by atoms with E-state index in [1.54, 1.807) is 11.6 Å². The van der Waals surface area contributed by atoms with Crippen LogP contribution in [0.25, 0.3) is 16.6 Å². The highest BCUT2D eigenvalue weighted by Gasteiger charge is 2.27. The first-order valence-corrected chi connectivity index (χ1v) is 11.0. The molecule has 0 amide bonds. The second-order valence-electron chi connectivity index (χ2n) is 8.62. The lowest BCUT2D eigenvalue weighted by Crippen LogP contribution is -2.34. The summed E-state index contributed by atoms with van der Waals surface area (Å²) in [4.78, 5) is 11.4. The zero-order valence-corrected chi connectivity index (χ0v) is 18.8. The Balaban J connectivity index is 1.47. The Morgan fingerprint density at radius 1 is 1.27 bits per heavy atom. The van der Waals surface area contributed by atoms with Crippen molar-refractivity contribution in [1.82, 2.24) is 29.4 Å². The van der Waals surface area contributed by atoms with Crippen LogP contribution < -0.4 is 15.4 Å². The molecular weight excluding hydrogens is 427 g/mol. The van der Waals surface area contributed by atoms with E-state index in [9.17, 15) is 9.50 Å². The SMILES string of the molecule is COc1cc2nc(N)n3nc(C4CCCN(c5cnn([C@H](C)[C@@H](C)O)c5)C4)nc3c2cc1F. The Hall–Kier alpha value is -3.47. The monoisotopic (exact) mass is 454 g/mol. The van der Waals surface area contributed by atoms with Gasteiger partial charge in [0.25, 0.3) is 0 Å². The van der Waals surface area contributed by atoms with Crippen LogP contribution in [-0.4, -0.2) is 60.8 Å². The molecule has 0 radical (unpaired) electrons. The molecule has 1 aliphatic rings. The molecule has 1 unspecified atom stereocenters. The third-order valence-electron chi connectivity index (χ3n) is 6.44. The first-order chi connectivity index (χ1) is 15.9. The number of piperidine rings is 1. The molecule has 0 spiro atoms. The van der Waals surface area contributed by atoms with E-state index in [1.807, 2.05) is 19.3 Å². The zero-order chi connectivity index (χ0) is 23.3. The minimum atomic E-state index is -0.493. The number of aliphatic hydroxyl groups excluding tert-OH is 1. The second kappa shape index (κ2) is 8.14. The predicted octanol–water partition coefficient (Wildman–Crippen LogP) is 2.53. The van der Waals surface area contributed by atoms with Gasteiger partial charge < -0.3 is 20.5 Å². The van der Waals surface area contributed by atoms with Crippen molar-refractivity contribution in [2.24, 2.45) is 0 Å². The van der Waals surface area contributed by atoms with E-state index in [0.717, 1.165) is 31.6 Å². The topological polar surface area (TPSA) is 120 Å². The van der Waals surface area contributed by atoms with Crippen LogP contribution >= 0.6 is 0 Å². The number of nitrogens with zero attached hydrogens (tertiary/aromatic N) is 7. The summed E-state index contributed by atoms with van der Waals surface area (Å²) in [7, 11) is 1.41. The van der Waals surface area contributed by atoms with Crippen molar-refractivity contribution in [2.45, 2.75) is 44.8 Å². The summed E-state index contributed by atoms with van der Waals surface area (Å²) >= 11 is 0. The molecular formula is C22H27FN8O2. The van der Waals surface area contributed by atoms with Crippen molar-refractivity contribution in [3.63, 3.8) is 0 Å². The van der Waals surface area contributed by atoms with Gasteiger partial charge >= 0.3 is 0 Å². The molecule has 5 rings (SSSR count). The van der Waals surface area contributed by atoms with Crippen LogP contribution in [-0.2, 0) is 0 Å². The Morgan fingerprint density at radius 2 is 2.09 bits per heavy atom. The molecule has 1 aromatic carbocycles. The van der Waals surface area contributed by atoms with Gasteiger partial charge in [0.1, 0.15) is 0 Å². The van der Waals surface area contributed by atoms with Gasteiger partial charge in [0.05, 0.1) is 36.7 Å². The summed E-state index contributed by atoms with van der Waals surface area (Å²) in [6, 6.07) is 2.77. The number of hydrogen-bond donors (Lipinski definition) is 2. The molecule has 10 nitrogen and oxygen atoms in total. The average Bonchev–Trinajstić information content (AvgIpc) is 3.47. The maximum atomic E-state index is 14.4. The van der Waals surface area contributed by atoms with Crippen molar-refractivity contribution < 1.29 is 14.2 Å². The highest BCUT2D eigenvalue weighted by atomic mass is 19.1. The average molecular weight is 455 g/mol. The fraction of sp³-hybridized carbons (Fsp3) is 0.455. The first-order valence-electron chi connectivity index (χ1n) is 11.0. The number of anilines is 2. The van der Waals surface area contributed by atoms with Gasteiger partial charge in [-0.05, 0) is 32.8 Å². The van der Waals surface area contributed by atoms with Gasteiger partial charge in [-0.25, -0.2) is 14.4 Å². The molecule has 0 aliphatic carbocycles. The van der Waals surface area contributed by atoms with E-state index in [0.29, 0.717) is 22.4 Å². The molecule has 3 N–H and O–H groups in total. The van der Waals surface area contributed by atoms with E-state index in [1.165, 1.54) is 23.8 Å². The van der Waals surface area contributed by atoms with Crippen molar-refractivity contribution in [1.29, 1.82) is 0 Å². The Kier molecular flexibility index (Phi) is 5.28. The lowest BCUT2D eigenvalue weighted by molar-refractivity contribution is 0.132. The van der Waals surface area contributed by atoms with E-state index in [-0.39, 0.29) is 23.7 Å². The maximum Gasteiger partial charge on any atom is 0.223 e. The summed E-state index contributed by atoms with van der Waals surface area (Å²) in [5.74, 6) is 0.531. The highest BCUT2D eigenvalue weighted by molar-refractivity contribution is 5.93. The van der Waals surface area contributed by atoms with Gasteiger partial charge in [0.2, 0.25) is 5.95 Å². The van der Waals surface area contributed by atoms with Crippen molar-refractivity contribution in [2.75, 3.05) is 30.8 Å². The number of aromatic nitrogens is 6. The number of nitrogen functional groups attached to an aromatic ring is 1. The van der Waals surface area contributed by atoms with Gasteiger partial charge in [-0.15, -0.1) is 5.10 Å². The fourth-order valence-corrected chi connectivity index (χ4v) is 4.33. The molecule has 0 saturated carbocycles. The van der Waals surface area contributed by atoms with Gasteiger partial charge in [-0.3, -0.25) is 4.68 Å². The normalized spacial score (nSPS) is 18.7. The molecule has 4 heterocycles. The lowest BCUT2D eigenvalue weighted by Gasteiger charge is -2.32. The van der Waals surface area contributed by atoms with Crippen LogP contribution in [0.2, 0.25) is 0 Å². The van der Waals surface area contributed by atoms with Gasteiger partial charge in [-0.1, -0.05) is 0 Å². The van der Waals surface area contributed by atoms with Crippen LogP contribution in [0.1, 0.15) is 44.5 Å². The Morgan fingerprint density at radius 3 is 2.85 bits per heavy atom. The molecule has 174 valence electrons. The molecule has 33 heavy (non-hydrogen) atoms. The number of halogens is 1. The summed E-state index contributed by atoms with van der Waals surface area (Å²) in [5.41, 5.74) is 8.12. The van der Waals surface area contributed by atoms with Crippen LogP contribution in [0.4, 0.5) is 16.0 Å². The molecule has 3 atom stereocenters. The molecule has 3 aromatic heterocycles. The van der Waals surface area contributed by atoms with Crippen LogP contribution in [0, 0.1) is 5.82 Å². The number of benzene rings is 1. The summed E-state index contributed by atoms with van der Waals surface area (Å²) in [6.07, 6.45) is 5.19. The number of nitrogens with two attached hydrogens (primary N) is 1. The van der Waals surface area contributed by atoms with E-state index >= 15 is 0 Å². The summed E-state index contributed by atoms with van der Waals surface area (Å²) in [5, 5.41) is 19.4. The fourth-order valence-electron chi connectivity index (χ4n) is 4.33. The van der Waals surface area contributed by atoms with E-state index in [2.05, 4.69) is 20.1 Å². The lowest BCUT2D eigenvalue weighted by atomic mass is 9.97. The maximum absolute atomic E-state index is 14.4. The largest absolute Gasteiger partial charge is 0.494 e. The Labute approximate surface area is 189 Å². The number of aliphatic hydroxyl groups is 1. The van der Waals surface area contributed by atoms with Crippen LogP contribution in [0.5, 0.6) is 5.75 Å². The smallest absolute Gasteiger partial charge is 0.223 e. The second-order valence-corrected chi connectivity index (χ2v) is 8.62. The quantitative estimate of drug-likeness (QED) is 0.472. The number of methoxy groups -OCH3 is 1. The van der Waals surface area contributed by atoms with Crippen molar-refractivity contribution in [3.8, 4) is 5.75 Å². The zero-order valence-electron chi connectivity index (χ0n) is 18.8. The van der Waals surface area contributed by atoms with Crippen LogP contribution in [0.15, 0.2) is 24.5 Å². The predicted molar refractivity (Wildman–Crippen MR) is 122 cm³/mol. The minimum Gasteiger partial charge on any atom is -0.494 e. The van der Waals surface area contributed by atoms with Crippen LogP contribution in [0.3, 0.4) is 0 Å². The minimum absolute atomic E-state index is 0.0775. The van der Waals surface area contributed by atoms with E-state index in [4.69, 9.17) is 15.5 Å². The van der Waals surface area contributed by atoms with Gasteiger partial charge in [0, 0.05) is 36.7 Å². The van der Waals surface area contributed by atoms with Crippen molar-refractivity contribution >= 4 is 28.2 Å². The molecule has 1 aliphatic heterocycles. The van der Waals surface area contributed by atoms with Gasteiger partial charge in [0.15, 0.2) is 23.0 Å². The number of fused-ring (bicyclic) bond motifs is 3. The highest BCUT2D eigenvalue weighted by Crippen LogP contribution is 2.31. The summed E-state index contributed by atoms with van der Waals surface area (Å²) in [6.45, 7) is 5.31. The molecule has 11 heteroatoms. The third-order valence-corrected chi connectivity index (χ3v) is 6.44. The molecule has 0 bridgehead atoms. The van der Waals surface area contributed by atoms with E-state index < -0.39 is 11.9 Å². The Bertz CT molecular complexity index is 1320. The van der Waals surface area contributed by atoms with Crippen molar-refractivity contribution in [3.05, 3.63) is 36.2 Å². The van der Waals surface area contributed by atoms with Gasteiger partial charge in [-0.2, -0.15) is 9.61 Å².